The van der Waals surface area contributed by atoms with Gasteiger partial charge in [0.2, 0.25) is 5.91 Å². The van der Waals surface area contributed by atoms with Crippen molar-refractivity contribution >= 4 is 11.9 Å². The fourth-order valence-electron chi connectivity index (χ4n) is 4.39. The van der Waals surface area contributed by atoms with Gasteiger partial charge in [0, 0.05) is 44.6 Å². The van der Waals surface area contributed by atoms with Crippen molar-refractivity contribution in [3.8, 4) is 0 Å². The highest BCUT2D eigenvalue weighted by Crippen LogP contribution is 2.17. The van der Waals surface area contributed by atoms with Crippen LogP contribution < -0.4 is 10.6 Å². The highest BCUT2D eigenvalue weighted by molar-refractivity contribution is 5.80. The molecule has 1 unspecified atom stereocenters. The third-order valence-electron chi connectivity index (χ3n) is 6.45. The molecule has 2 N–H and O–H groups in total. The van der Waals surface area contributed by atoms with Gasteiger partial charge in [0.1, 0.15) is 5.76 Å². The number of carbonyl (C=O) groups excluding carboxylic acids is 1. The minimum atomic E-state index is 0.167. The highest BCUT2D eigenvalue weighted by Gasteiger charge is 2.27. The third-order valence-corrected chi connectivity index (χ3v) is 6.45. The summed E-state index contributed by atoms with van der Waals surface area (Å²) in [5.41, 5.74) is 0. The van der Waals surface area contributed by atoms with E-state index in [1.54, 1.807) is 6.26 Å². The number of hydrogen-bond donors (Lipinski definition) is 2. The maximum Gasteiger partial charge on any atom is 0.225 e. The number of rotatable bonds is 9. The summed E-state index contributed by atoms with van der Waals surface area (Å²) in [7, 11) is 0. The van der Waals surface area contributed by atoms with Crippen molar-refractivity contribution in [2.45, 2.75) is 77.4 Å². The number of nitrogens with one attached hydrogen (secondary N) is 2. The van der Waals surface area contributed by atoms with Crippen molar-refractivity contribution < 1.29 is 13.9 Å². The maximum absolute atomic E-state index is 12.7. The Labute approximate surface area is 187 Å². The minimum absolute atomic E-state index is 0.167. The summed E-state index contributed by atoms with van der Waals surface area (Å²) >= 11 is 0. The molecular formula is C24H40N4O3. The van der Waals surface area contributed by atoms with Crippen LogP contribution in [0, 0.1) is 5.92 Å². The predicted octanol–water partition coefficient (Wildman–Crippen LogP) is 3.35. The van der Waals surface area contributed by atoms with Crippen LogP contribution in [-0.4, -0.2) is 61.7 Å². The molecule has 7 nitrogen and oxygen atoms in total. The number of guanidine groups is 1. The molecule has 1 aromatic heterocycles. The van der Waals surface area contributed by atoms with Crippen LogP contribution in [-0.2, 0) is 16.0 Å². The Kier molecular flexibility index (Phi) is 9.72. The number of ether oxygens (including phenoxy) is 1. The Morgan fingerprint density at radius 1 is 1.23 bits per heavy atom. The Morgan fingerprint density at radius 3 is 2.68 bits per heavy atom. The first kappa shape index (κ1) is 23.6. The van der Waals surface area contributed by atoms with E-state index in [4.69, 9.17) is 14.1 Å². The van der Waals surface area contributed by atoms with E-state index in [-0.39, 0.29) is 12.0 Å². The number of furan rings is 1. The molecule has 0 radical (unpaired) electrons. The molecule has 1 aromatic rings. The molecular weight excluding hydrogens is 392 g/mol. The average Bonchev–Trinajstić information content (AvgIpc) is 3.33. The number of carbonyl (C=O) groups is 1. The molecule has 2 fully saturated rings. The number of hydrogen-bond acceptors (Lipinski definition) is 4. The smallest absolute Gasteiger partial charge is 0.225 e. The van der Waals surface area contributed by atoms with Gasteiger partial charge in [0.15, 0.2) is 5.96 Å². The quantitative estimate of drug-likeness (QED) is 0.462. The van der Waals surface area contributed by atoms with E-state index in [0.29, 0.717) is 18.5 Å². The summed E-state index contributed by atoms with van der Waals surface area (Å²) in [6.07, 6.45) is 9.95. The first-order valence-electron chi connectivity index (χ1n) is 12.2. The molecule has 2 aliphatic rings. The molecule has 0 aliphatic carbocycles. The Morgan fingerprint density at radius 2 is 2.03 bits per heavy atom. The second kappa shape index (κ2) is 12.7. The van der Waals surface area contributed by atoms with Crippen LogP contribution in [0.4, 0.5) is 0 Å². The molecule has 3 heterocycles. The molecule has 0 saturated carbocycles. The van der Waals surface area contributed by atoms with Gasteiger partial charge in [-0.2, -0.15) is 0 Å². The molecule has 31 heavy (non-hydrogen) atoms. The van der Waals surface area contributed by atoms with Gasteiger partial charge in [-0.15, -0.1) is 0 Å². The van der Waals surface area contributed by atoms with E-state index in [1.165, 1.54) is 6.42 Å². The molecule has 1 atom stereocenters. The van der Waals surface area contributed by atoms with Crippen LogP contribution in [0.1, 0.15) is 64.6 Å². The monoisotopic (exact) mass is 432 g/mol. The SMILES string of the molecule is CCC(CC)C(=O)N1CCC(NC(=NCC2CCCCO2)NCCc2ccco2)CC1. The van der Waals surface area contributed by atoms with Gasteiger partial charge in [0.05, 0.1) is 18.9 Å². The zero-order valence-corrected chi connectivity index (χ0v) is 19.3. The van der Waals surface area contributed by atoms with Gasteiger partial charge in [-0.05, 0) is 57.1 Å². The number of piperidine rings is 1. The fraction of sp³-hybridized carbons (Fsp3) is 0.750. The lowest BCUT2D eigenvalue weighted by Gasteiger charge is -2.35. The topological polar surface area (TPSA) is 79.1 Å². The molecule has 0 aromatic carbocycles. The van der Waals surface area contributed by atoms with Crippen LogP contribution in [0.5, 0.6) is 0 Å². The molecule has 2 saturated heterocycles. The van der Waals surface area contributed by atoms with Crippen molar-refractivity contribution in [3.63, 3.8) is 0 Å². The third kappa shape index (κ3) is 7.56. The average molecular weight is 433 g/mol. The molecule has 0 bridgehead atoms. The van der Waals surface area contributed by atoms with Crippen molar-refractivity contribution in [2.24, 2.45) is 10.9 Å². The lowest BCUT2D eigenvalue weighted by atomic mass is 9.98. The molecule has 7 heteroatoms. The molecule has 2 aliphatic heterocycles. The number of nitrogens with zero attached hydrogens (tertiary/aromatic N) is 2. The van der Waals surface area contributed by atoms with E-state index in [2.05, 4.69) is 24.5 Å². The zero-order valence-electron chi connectivity index (χ0n) is 19.3. The predicted molar refractivity (Wildman–Crippen MR) is 123 cm³/mol. The number of aliphatic imine (C=N–C) groups is 1. The lowest BCUT2D eigenvalue weighted by Crippen LogP contribution is -2.51. The summed E-state index contributed by atoms with van der Waals surface area (Å²) < 4.78 is 11.3. The van der Waals surface area contributed by atoms with E-state index in [9.17, 15) is 4.79 Å². The van der Waals surface area contributed by atoms with E-state index in [1.807, 2.05) is 17.0 Å². The second-order valence-electron chi connectivity index (χ2n) is 8.69. The van der Waals surface area contributed by atoms with Gasteiger partial charge in [-0.25, -0.2) is 0 Å². The minimum Gasteiger partial charge on any atom is -0.469 e. The van der Waals surface area contributed by atoms with Gasteiger partial charge in [0.25, 0.3) is 0 Å². The van der Waals surface area contributed by atoms with Crippen LogP contribution >= 0.6 is 0 Å². The van der Waals surface area contributed by atoms with Crippen molar-refractivity contribution in [2.75, 3.05) is 32.8 Å². The van der Waals surface area contributed by atoms with Crippen molar-refractivity contribution in [3.05, 3.63) is 24.2 Å². The summed E-state index contributed by atoms with van der Waals surface area (Å²) in [6, 6.07) is 4.24. The van der Waals surface area contributed by atoms with Crippen LogP contribution in [0.25, 0.3) is 0 Å². The fourth-order valence-corrected chi connectivity index (χ4v) is 4.39. The summed E-state index contributed by atoms with van der Waals surface area (Å²) in [5, 5.41) is 7.07. The van der Waals surface area contributed by atoms with E-state index >= 15 is 0 Å². The van der Waals surface area contributed by atoms with Gasteiger partial charge in [-0.1, -0.05) is 13.8 Å². The Hall–Kier alpha value is -2.02. The van der Waals surface area contributed by atoms with Gasteiger partial charge < -0.3 is 24.7 Å². The number of likely N-dealkylation sites (tertiary alicyclic amines) is 1. The van der Waals surface area contributed by atoms with E-state index < -0.39 is 0 Å². The first-order chi connectivity index (χ1) is 15.2. The molecule has 174 valence electrons. The molecule has 3 rings (SSSR count). The van der Waals surface area contributed by atoms with Crippen molar-refractivity contribution in [1.82, 2.24) is 15.5 Å². The molecule has 1 amide bonds. The van der Waals surface area contributed by atoms with Crippen molar-refractivity contribution in [1.29, 1.82) is 0 Å². The standard InChI is InChI=1S/C24H40N4O3/c1-3-19(4-2)23(29)28-14-11-20(12-15-28)27-24(25-13-10-21-9-7-17-30-21)26-18-22-8-5-6-16-31-22/h7,9,17,19-20,22H,3-6,8,10-16,18H2,1-2H3,(H2,25,26,27). The van der Waals surface area contributed by atoms with Crippen LogP contribution in [0.2, 0.25) is 0 Å². The number of amides is 1. The summed E-state index contributed by atoms with van der Waals surface area (Å²) in [6.45, 7) is 8.13. The molecule has 0 spiro atoms. The maximum atomic E-state index is 12.7. The second-order valence-corrected chi connectivity index (χ2v) is 8.69. The summed E-state index contributed by atoms with van der Waals surface area (Å²) in [4.78, 5) is 19.5. The summed E-state index contributed by atoms with van der Waals surface area (Å²) in [5.74, 6) is 2.30. The lowest BCUT2D eigenvalue weighted by molar-refractivity contribution is -0.136. The highest BCUT2D eigenvalue weighted by atomic mass is 16.5. The zero-order chi connectivity index (χ0) is 21.9. The largest absolute Gasteiger partial charge is 0.469 e. The Balaban J connectivity index is 1.50. The normalized spacial score (nSPS) is 20.8. The van der Waals surface area contributed by atoms with Crippen LogP contribution in [0.15, 0.2) is 27.8 Å². The first-order valence-corrected chi connectivity index (χ1v) is 12.2. The Bertz CT molecular complexity index is 658. The van der Waals surface area contributed by atoms with Gasteiger partial charge >= 0.3 is 0 Å². The van der Waals surface area contributed by atoms with Gasteiger partial charge in [-0.3, -0.25) is 9.79 Å². The van der Waals surface area contributed by atoms with Crippen LogP contribution in [0.3, 0.4) is 0 Å². The van der Waals surface area contributed by atoms with E-state index in [0.717, 1.165) is 82.9 Å².